The molecule has 0 atom stereocenters. The minimum absolute atomic E-state index is 0.0688. The van der Waals surface area contributed by atoms with Gasteiger partial charge in [0, 0.05) is 35.8 Å². The van der Waals surface area contributed by atoms with Crippen molar-refractivity contribution >= 4 is 22.9 Å². The predicted molar refractivity (Wildman–Crippen MR) is 101 cm³/mol. The summed E-state index contributed by atoms with van der Waals surface area (Å²) in [4.78, 5) is 19.2. The molecule has 1 fully saturated rings. The predicted octanol–water partition coefficient (Wildman–Crippen LogP) is 4.44. The Kier molecular flexibility index (Phi) is 4.30. The van der Waals surface area contributed by atoms with Crippen LogP contribution in [0.5, 0.6) is 0 Å². The normalized spacial score (nSPS) is 14.1. The van der Waals surface area contributed by atoms with E-state index in [4.69, 9.17) is 0 Å². The van der Waals surface area contributed by atoms with Crippen molar-refractivity contribution in [2.24, 2.45) is 0 Å². The van der Waals surface area contributed by atoms with E-state index in [1.807, 2.05) is 59.5 Å². The van der Waals surface area contributed by atoms with Crippen LogP contribution in [0.15, 0.2) is 72.9 Å². The molecule has 25 heavy (non-hydrogen) atoms. The van der Waals surface area contributed by atoms with Gasteiger partial charge in [-0.25, -0.2) is 0 Å². The first-order valence-electron chi connectivity index (χ1n) is 8.67. The Balaban J connectivity index is 1.55. The van der Waals surface area contributed by atoms with Crippen molar-refractivity contribution in [3.05, 3.63) is 84.1 Å². The summed E-state index contributed by atoms with van der Waals surface area (Å²) in [6.45, 7) is 0.669. The number of benzene rings is 2. The second-order valence-electron chi connectivity index (χ2n) is 6.44. The van der Waals surface area contributed by atoms with Crippen molar-refractivity contribution in [3.8, 4) is 0 Å². The van der Waals surface area contributed by atoms with Crippen LogP contribution in [0.4, 0.5) is 0 Å². The summed E-state index contributed by atoms with van der Waals surface area (Å²) in [6, 6.07) is 20.5. The van der Waals surface area contributed by atoms with Gasteiger partial charge in [-0.15, -0.1) is 0 Å². The van der Waals surface area contributed by atoms with Crippen molar-refractivity contribution in [2.45, 2.75) is 25.4 Å². The standard InChI is InChI=1S/C22H20N2O/c25-21(24(20-12-13-20)16-17-6-2-1-3-7-17)14-11-19-9-4-8-18-10-5-15-23-22(18)19/h1-11,14-15,20H,12-13,16H2/b14-11+. The molecular formula is C22H20N2O. The maximum Gasteiger partial charge on any atom is 0.247 e. The first-order valence-corrected chi connectivity index (χ1v) is 8.67. The molecule has 1 saturated carbocycles. The molecule has 1 heterocycles. The number of pyridine rings is 1. The van der Waals surface area contributed by atoms with Gasteiger partial charge in [0.1, 0.15) is 0 Å². The van der Waals surface area contributed by atoms with Gasteiger partial charge in [-0.2, -0.15) is 0 Å². The van der Waals surface area contributed by atoms with E-state index in [-0.39, 0.29) is 5.91 Å². The fourth-order valence-electron chi connectivity index (χ4n) is 3.07. The molecule has 0 aliphatic heterocycles. The fraction of sp³-hybridized carbons (Fsp3) is 0.182. The number of nitrogens with zero attached hydrogens (tertiary/aromatic N) is 2. The minimum atomic E-state index is 0.0688. The largest absolute Gasteiger partial charge is 0.332 e. The Morgan fingerprint density at radius 3 is 2.64 bits per heavy atom. The summed E-state index contributed by atoms with van der Waals surface area (Å²) in [6.07, 6.45) is 7.56. The van der Waals surface area contributed by atoms with Crippen LogP contribution in [-0.2, 0) is 11.3 Å². The first kappa shape index (κ1) is 15.6. The van der Waals surface area contributed by atoms with Crippen LogP contribution in [-0.4, -0.2) is 21.8 Å². The zero-order valence-corrected chi connectivity index (χ0v) is 14.0. The van der Waals surface area contributed by atoms with Crippen LogP contribution >= 0.6 is 0 Å². The van der Waals surface area contributed by atoms with Gasteiger partial charge in [-0.3, -0.25) is 9.78 Å². The number of amides is 1. The molecule has 3 aromatic rings. The van der Waals surface area contributed by atoms with Crippen molar-refractivity contribution in [1.82, 2.24) is 9.88 Å². The third-order valence-electron chi connectivity index (χ3n) is 4.54. The Hall–Kier alpha value is -2.94. The molecule has 0 radical (unpaired) electrons. The molecule has 0 bridgehead atoms. The second-order valence-corrected chi connectivity index (χ2v) is 6.44. The summed E-state index contributed by atoms with van der Waals surface area (Å²) in [5.41, 5.74) is 3.07. The van der Waals surface area contributed by atoms with Crippen molar-refractivity contribution < 1.29 is 4.79 Å². The summed E-state index contributed by atoms with van der Waals surface area (Å²) in [7, 11) is 0. The van der Waals surface area contributed by atoms with E-state index in [1.165, 1.54) is 5.56 Å². The second kappa shape index (κ2) is 6.89. The van der Waals surface area contributed by atoms with E-state index in [9.17, 15) is 4.79 Å². The quantitative estimate of drug-likeness (QED) is 0.649. The molecule has 1 aliphatic rings. The lowest BCUT2D eigenvalue weighted by molar-refractivity contribution is -0.127. The number of carbonyl (C=O) groups excluding carboxylic acids is 1. The van der Waals surface area contributed by atoms with Gasteiger partial charge in [-0.05, 0) is 30.5 Å². The average Bonchev–Trinajstić information content (AvgIpc) is 3.50. The molecule has 3 nitrogen and oxygen atoms in total. The molecule has 0 N–H and O–H groups in total. The van der Waals surface area contributed by atoms with Gasteiger partial charge < -0.3 is 4.90 Å². The van der Waals surface area contributed by atoms with Gasteiger partial charge in [0.25, 0.3) is 0 Å². The molecule has 1 aliphatic carbocycles. The topological polar surface area (TPSA) is 33.2 Å². The third-order valence-corrected chi connectivity index (χ3v) is 4.54. The highest BCUT2D eigenvalue weighted by molar-refractivity contribution is 5.95. The average molecular weight is 328 g/mol. The van der Waals surface area contributed by atoms with Crippen LogP contribution in [0.2, 0.25) is 0 Å². The van der Waals surface area contributed by atoms with Crippen LogP contribution in [0.3, 0.4) is 0 Å². The molecular weight excluding hydrogens is 308 g/mol. The van der Waals surface area contributed by atoms with Crippen LogP contribution in [0, 0.1) is 0 Å². The van der Waals surface area contributed by atoms with Crippen LogP contribution < -0.4 is 0 Å². The number of carbonyl (C=O) groups is 1. The van der Waals surface area contributed by atoms with E-state index < -0.39 is 0 Å². The highest BCUT2D eigenvalue weighted by Crippen LogP contribution is 2.29. The number of hydrogen-bond donors (Lipinski definition) is 0. The van der Waals surface area contributed by atoms with Crippen molar-refractivity contribution in [1.29, 1.82) is 0 Å². The maximum atomic E-state index is 12.8. The zero-order chi connectivity index (χ0) is 17.1. The highest BCUT2D eigenvalue weighted by atomic mass is 16.2. The Bertz CT molecular complexity index is 908. The smallest absolute Gasteiger partial charge is 0.247 e. The molecule has 0 spiro atoms. The van der Waals surface area contributed by atoms with Crippen LogP contribution in [0.25, 0.3) is 17.0 Å². The zero-order valence-electron chi connectivity index (χ0n) is 14.0. The van der Waals surface area contributed by atoms with Crippen molar-refractivity contribution in [2.75, 3.05) is 0 Å². The minimum Gasteiger partial charge on any atom is -0.332 e. The molecule has 3 heteroatoms. The summed E-state index contributed by atoms with van der Waals surface area (Å²) in [5.74, 6) is 0.0688. The van der Waals surface area contributed by atoms with Gasteiger partial charge in [0.2, 0.25) is 5.91 Å². The van der Waals surface area contributed by atoms with Gasteiger partial charge in [0.05, 0.1) is 5.52 Å². The number of aromatic nitrogens is 1. The molecule has 1 aromatic heterocycles. The lowest BCUT2D eigenvalue weighted by Crippen LogP contribution is -2.31. The van der Waals surface area contributed by atoms with E-state index in [2.05, 4.69) is 17.1 Å². The number of rotatable bonds is 5. The van der Waals surface area contributed by atoms with Gasteiger partial charge in [0.15, 0.2) is 0 Å². The van der Waals surface area contributed by atoms with E-state index in [0.29, 0.717) is 12.6 Å². The van der Waals surface area contributed by atoms with E-state index >= 15 is 0 Å². The van der Waals surface area contributed by atoms with Crippen LogP contribution in [0.1, 0.15) is 24.0 Å². The Morgan fingerprint density at radius 1 is 1.04 bits per heavy atom. The van der Waals surface area contributed by atoms with E-state index in [1.54, 1.807) is 12.3 Å². The molecule has 2 aromatic carbocycles. The van der Waals surface area contributed by atoms with E-state index in [0.717, 1.165) is 29.3 Å². The summed E-state index contributed by atoms with van der Waals surface area (Å²) >= 11 is 0. The molecule has 0 saturated heterocycles. The number of para-hydroxylation sites is 1. The Morgan fingerprint density at radius 2 is 1.84 bits per heavy atom. The lowest BCUT2D eigenvalue weighted by Gasteiger charge is -2.21. The summed E-state index contributed by atoms with van der Waals surface area (Å²) in [5, 5.41) is 1.08. The summed E-state index contributed by atoms with van der Waals surface area (Å²) < 4.78 is 0. The SMILES string of the molecule is O=C(/C=C/c1cccc2cccnc12)N(Cc1ccccc1)C1CC1. The molecule has 1 amide bonds. The number of fused-ring (bicyclic) bond motifs is 1. The highest BCUT2D eigenvalue weighted by Gasteiger charge is 2.31. The molecule has 0 unspecified atom stereocenters. The Labute approximate surface area is 147 Å². The van der Waals surface area contributed by atoms with Crippen molar-refractivity contribution in [3.63, 3.8) is 0 Å². The third kappa shape index (κ3) is 3.61. The number of hydrogen-bond acceptors (Lipinski definition) is 2. The fourth-order valence-corrected chi connectivity index (χ4v) is 3.07. The molecule has 4 rings (SSSR count). The molecule has 124 valence electrons. The monoisotopic (exact) mass is 328 g/mol. The van der Waals surface area contributed by atoms with Gasteiger partial charge in [-0.1, -0.05) is 54.6 Å². The lowest BCUT2D eigenvalue weighted by atomic mass is 10.1. The maximum absolute atomic E-state index is 12.8. The van der Waals surface area contributed by atoms with Gasteiger partial charge >= 0.3 is 0 Å². The first-order chi connectivity index (χ1) is 12.3.